The minimum atomic E-state index is -1.11. The topological polar surface area (TPSA) is 102 Å². The highest BCUT2D eigenvalue weighted by Gasteiger charge is 2.23. The van der Waals surface area contributed by atoms with E-state index in [-0.39, 0.29) is 5.76 Å². The zero-order valence-corrected chi connectivity index (χ0v) is 8.89. The number of hydrogen-bond donors (Lipinski definition) is 2. The van der Waals surface area contributed by atoms with Gasteiger partial charge in [0, 0.05) is 5.56 Å². The zero-order valence-electron chi connectivity index (χ0n) is 8.89. The number of hydrogen-bond acceptors (Lipinski definition) is 6. The van der Waals surface area contributed by atoms with Crippen molar-refractivity contribution < 1.29 is 24.0 Å². The van der Waals surface area contributed by atoms with E-state index in [2.05, 4.69) is 19.7 Å². The zero-order chi connectivity index (χ0) is 12.1. The van der Waals surface area contributed by atoms with Crippen LogP contribution in [0, 0.1) is 6.92 Å². The van der Waals surface area contributed by atoms with Crippen LogP contribution in [0.1, 0.15) is 16.1 Å². The molecule has 0 aliphatic rings. The maximum Gasteiger partial charge on any atom is 0.330 e. The smallest absolute Gasteiger partial charge is 0.330 e. The maximum absolute atomic E-state index is 11.6. The van der Waals surface area contributed by atoms with Gasteiger partial charge in [0.15, 0.2) is 6.04 Å². The van der Waals surface area contributed by atoms with Gasteiger partial charge in [-0.3, -0.25) is 4.79 Å². The Labute approximate surface area is 91.4 Å². The Hall–Kier alpha value is -1.89. The van der Waals surface area contributed by atoms with Crippen molar-refractivity contribution in [1.29, 1.82) is 0 Å². The van der Waals surface area contributed by atoms with E-state index in [1.54, 1.807) is 6.92 Å². The number of carbonyl (C=O) groups is 2. The third kappa shape index (κ3) is 2.57. The third-order valence-corrected chi connectivity index (χ3v) is 1.93. The summed E-state index contributed by atoms with van der Waals surface area (Å²) in [5.41, 5.74) is 0.541. The summed E-state index contributed by atoms with van der Waals surface area (Å²) in [6.45, 7) is 1.09. The van der Waals surface area contributed by atoms with Gasteiger partial charge < -0.3 is 19.7 Å². The van der Waals surface area contributed by atoms with Gasteiger partial charge in [-0.15, -0.1) is 0 Å². The third-order valence-electron chi connectivity index (χ3n) is 1.93. The Morgan fingerprint density at radius 3 is 2.81 bits per heavy atom. The minimum Gasteiger partial charge on any atom is -0.467 e. The fourth-order valence-corrected chi connectivity index (χ4v) is 1.05. The Bertz CT molecular complexity index is 387. The van der Waals surface area contributed by atoms with Gasteiger partial charge in [-0.2, -0.15) is 0 Å². The van der Waals surface area contributed by atoms with Gasteiger partial charge >= 0.3 is 5.97 Å². The summed E-state index contributed by atoms with van der Waals surface area (Å²) in [4.78, 5) is 22.6. The Balaban J connectivity index is 2.70. The lowest BCUT2D eigenvalue weighted by atomic mass is 10.2. The summed E-state index contributed by atoms with van der Waals surface area (Å²) < 4.78 is 9.08. The lowest BCUT2D eigenvalue weighted by Crippen LogP contribution is -2.44. The highest BCUT2D eigenvalue weighted by molar-refractivity contribution is 5.95. The Morgan fingerprint density at radius 1 is 1.69 bits per heavy atom. The molecule has 0 aromatic carbocycles. The number of nitrogens with zero attached hydrogens (tertiary/aromatic N) is 1. The summed E-state index contributed by atoms with van der Waals surface area (Å²) in [6.07, 6.45) is 1.38. The van der Waals surface area contributed by atoms with Gasteiger partial charge in [0.05, 0.1) is 19.9 Å². The molecule has 0 saturated carbocycles. The minimum absolute atomic E-state index is 0.00218. The maximum atomic E-state index is 11.6. The Kier molecular flexibility index (Phi) is 4.01. The van der Waals surface area contributed by atoms with Crippen LogP contribution in [-0.4, -0.2) is 41.9 Å². The average molecular weight is 228 g/mol. The van der Waals surface area contributed by atoms with E-state index in [4.69, 9.17) is 5.11 Å². The summed E-state index contributed by atoms with van der Waals surface area (Å²) in [6, 6.07) is -1.11. The van der Waals surface area contributed by atoms with Gasteiger partial charge in [0.2, 0.25) is 5.76 Å². The van der Waals surface area contributed by atoms with Gasteiger partial charge in [-0.25, -0.2) is 4.79 Å². The molecule has 7 nitrogen and oxygen atoms in total. The number of aliphatic hydroxyl groups is 1. The second-order valence-electron chi connectivity index (χ2n) is 3.07. The first-order chi connectivity index (χ1) is 7.60. The molecule has 1 unspecified atom stereocenters. The highest BCUT2D eigenvalue weighted by atomic mass is 16.5. The first-order valence-corrected chi connectivity index (χ1v) is 4.51. The van der Waals surface area contributed by atoms with Crippen molar-refractivity contribution in [2.24, 2.45) is 0 Å². The number of aryl methyl sites for hydroxylation is 1. The average Bonchev–Trinajstić information content (AvgIpc) is 2.71. The number of aliphatic hydroxyl groups excluding tert-OH is 1. The quantitative estimate of drug-likeness (QED) is 0.657. The number of rotatable bonds is 4. The first-order valence-electron chi connectivity index (χ1n) is 4.51. The standard InChI is InChI=1S/C9H12N2O5/c1-5-3-10-16-7(5)8(13)11-6(4-12)9(14)15-2/h3,6,12H,4H2,1-2H3,(H,11,13). The van der Waals surface area contributed by atoms with E-state index in [9.17, 15) is 9.59 Å². The molecule has 0 bridgehead atoms. The molecule has 1 rings (SSSR count). The van der Waals surface area contributed by atoms with Crippen LogP contribution in [0.5, 0.6) is 0 Å². The van der Waals surface area contributed by atoms with Crippen LogP contribution in [0.15, 0.2) is 10.7 Å². The molecule has 1 atom stereocenters. The van der Waals surface area contributed by atoms with Crippen molar-refractivity contribution in [2.75, 3.05) is 13.7 Å². The largest absolute Gasteiger partial charge is 0.467 e. The number of methoxy groups -OCH3 is 1. The lowest BCUT2D eigenvalue weighted by molar-refractivity contribution is -0.143. The number of amides is 1. The van der Waals surface area contributed by atoms with Crippen LogP contribution in [0.3, 0.4) is 0 Å². The van der Waals surface area contributed by atoms with Crippen molar-refractivity contribution in [3.63, 3.8) is 0 Å². The van der Waals surface area contributed by atoms with Crippen molar-refractivity contribution in [3.05, 3.63) is 17.5 Å². The molecule has 1 aromatic rings. The number of aromatic nitrogens is 1. The summed E-state index contributed by atoms with van der Waals surface area (Å²) in [7, 11) is 1.16. The van der Waals surface area contributed by atoms with Crippen LogP contribution in [0.2, 0.25) is 0 Å². The van der Waals surface area contributed by atoms with E-state index in [0.717, 1.165) is 7.11 Å². The van der Waals surface area contributed by atoms with E-state index >= 15 is 0 Å². The predicted molar refractivity (Wildman–Crippen MR) is 51.6 cm³/mol. The SMILES string of the molecule is COC(=O)C(CO)NC(=O)c1oncc1C. The number of esters is 1. The van der Waals surface area contributed by atoms with Crippen LogP contribution in [0.25, 0.3) is 0 Å². The van der Waals surface area contributed by atoms with Gasteiger partial charge in [-0.05, 0) is 6.92 Å². The van der Waals surface area contributed by atoms with E-state index in [1.165, 1.54) is 6.20 Å². The molecule has 0 aliphatic heterocycles. The summed E-state index contributed by atoms with van der Waals surface area (Å²) in [5.74, 6) is -1.35. The molecule has 0 fully saturated rings. The molecule has 0 spiro atoms. The van der Waals surface area contributed by atoms with E-state index in [1.807, 2.05) is 0 Å². The van der Waals surface area contributed by atoms with Crippen molar-refractivity contribution in [1.82, 2.24) is 10.5 Å². The first kappa shape index (κ1) is 12.2. The van der Waals surface area contributed by atoms with Gasteiger partial charge in [0.1, 0.15) is 0 Å². The molecule has 88 valence electrons. The predicted octanol–water partition coefficient (Wildman–Crippen LogP) is -0.753. The fraction of sp³-hybridized carbons (Fsp3) is 0.444. The van der Waals surface area contributed by atoms with E-state index < -0.39 is 24.5 Å². The molecule has 1 amide bonds. The molecule has 1 heterocycles. The van der Waals surface area contributed by atoms with Crippen molar-refractivity contribution >= 4 is 11.9 Å². The van der Waals surface area contributed by atoms with Gasteiger partial charge in [0.25, 0.3) is 5.91 Å². The summed E-state index contributed by atoms with van der Waals surface area (Å²) in [5, 5.41) is 14.6. The molecule has 2 N–H and O–H groups in total. The van der Waals surface area contributed by atoms with Gasteiger partial charge in [-0.1, -0.05) is 5.16 Å². The number of nitrogens with one attached hydrogen (secondary N) is 1. The molecular formula is C9H12N2O5. The Morgan fingerprint density at radius 2 is 2.38 bits per heavy atom. The number of ether oxygens (including phenoxy) is 1. The number of carbonyl (C=O) groups excluding carboxylic acids is 2. The lowest BCUT2D eigenvalue weighted by Gasteiger charge is -2.12. The van der Waals surface area contributed by atoms with E-state index in [0.29, 0.717) is 5.56 Å². The fourth-order valence-electron chi connectivity index (χ4n) is 1.05. The van der Waals surface area contributed by atoms with Crippen molar-refractivity contribution in [3.8, 4) is 0 Å². The molecule has 0 saturated heterocycles. The molecular weight excluding hydrogens is 216 g/mol. The van der Waals surface area contributed by atoms with Crippen LogP contribution in [-0.2, 0) is 9.53 Å². The highest BCUT2D eigenvalue weighted by Crippen LogP contribution is 2.05. The summed E-state index contributed by atoms with van der Waals surface area (Å²) >= 11 is 0. The molecule has 0 aliphatic carbocycles. The van der Waals surface area contributed by atoms with Crippen LogP contribution < -0.4 is 5.32 Å². The normalized spacial score (nSPS) is 11.9. The van der Waals surface area contributed by atoms with Crippen molar-refractivity contribution in [2.45, 2.75) is 13.0 Å². The second kappa shape index (κ2) is 5.26. The molecule has 16 heavy (non-hydrogen) atoms. The van der Waals surface area contributed by atoms with Crippen LogP contribution in [0.4, 0.5) is 0 Å². The molecule has 7 heteroatoms. The molecule has 0 radical (unpaired) electrons. The monoisotopic (exact) mass is 228 g/mol. The second-order valence-corrected chi connectivity index (χ2v) is 3.07. The molecule has 1 aromatic heterocycles. The van der Waals surface area contributed by atoms with Crippen LogP contribution >= 0.6 is 0 Å².